The number of fused-ring (bicyclic) bond motifs is 1. The number of hydrogen-bond acceptors (Lipinski definition) is 3. The lowest BCUT2D eigenvalue weighted by molar-refractivity contribution is 0.159. The molecule has 6 nitrogen and oxygen atoms in total. The van der Waals surface area contributed by atoms with E-state index in [4.69, 9.17) is 9.98 Å². The van der Waals surface area contributed by atoms with Gasteiger partial charge in [-0.25, -0.2) is 9.98 Å². The van der Waals surface area contributed by atoms with E-state index >= 15 is 0 Å². The van der Waals surface area contributed by atoms with Gasteiger partial charge >= 0.3 is 0 Å². The van der Waals surface area contributed by atoms with Gasteiger partial charge in [-0.1, -0.05) is 18.6 Å². The molecule has 0 aliphatic carbocycles. The molecule has 3 rings (SSSR count). The Morgan fingerprint density at radius 1 is 1.25 bits per heavy atom. The van der Waals surface area contributed by atoms with E-state index in [0.29, 0.717) is 6.54 Å². The molecule has 0 spiro atoms. The molecule has 0 amide bonds. The number of rotatable bonds is 7. The van der Waals surface area contributed by atoms with Crippen molar-refractivity contribution in [2.45, 2.75) is 52.1 Å². The molecule has 156 valence electrons. The van der Waals surface area contributed by atoms with E-state index in [0.717, 1.165) is 48.4 Å². The van der Waals surface area contributed by atoms with Gasteiger partial charge in [0.1, 0.15) is 12.4 Å². The third kappa shape index (κ3) is 6.07. The lowest BCUT2D eigenvalue weighted by Crippen LogP contribution is -2.41. The van der Waals surface area contributed by atoms with Crippen LogP contribution in [0.25, 0.3) is 11.0 Å². The third-order valence-electron chi connectivity index (χ3n) is 5.46. The molecule has 1 atom stereocenters. The van der Waals surface area contributed by atoms with Gasteiger partial charge in [0.05, 0.1) is 11.0 Å². The summed E-state index contributed by atoms with van der Waals surface area (Å²) in [6.45, 7) is 9.25. The van der Waals surface area contributed by atoms with Gasteiger partial charge in [-0.05, 0) is 51.8 Å². The average molecular weight is 498 g/mol. The number of piperidine rings is 1. The van der Waals surface area contributed by atoms with Gasteiger partial charge in [-0.15, -0.1) is 24.0 Å². The quantitative estimate of drug-likeness (QED) is 0.266. The second-order valence-electron chi connectivity index (χ2n) is 7.43. The van der Waals surface area contributed by atoms with E-state index in [-0.39, 0.29) is 24.0 Å². The van der Waals surface area contributed by atoms with Crippen molar-refractivity contribution in [2.24, 2.45) is 12.0 Å². The van der Waals surface area contributed by atoms with Crippen LogP contribution in [0.15, 0.2) is 29.3 Å². The van der Waals surface area contributed by atoms with Gasteiger partial charge in [0.15, 0.2) is 5.96 Å². The number of halogens is 1. The topological polar surface area (TPSA) is 57.5 Å². The molecular weight excluding hydrogens is 463 g/mol. The number of benzene rings is 1. The highest BCUT2D eigenvalue weighted by atomic mass is 127. The van der Waals surface area contributed by atoms with Crippen LogP contribution in [0.4, 0.5) is 0 Å². The Bertz CT molecular complexity index is 756. The first-order valence-electron chi connectivity index (χ1n) is 10.4. The number of aromatic nitrogens is 2. The Morgan fingerprint density at radius 2 is 2.07 bits per heavy atom. The van der Waals surface area contributed by atoms with Crippen LogP contribution in [-0.2, 0) is 13.6 Å². The largest absolute Gasteiger partial charge is 0.357 e. The third-order valence-corrected chi connectivity index (χ3v) is 5.46. The second-order valence-corrected chi connectivity index (χ2v) is 7.43. The molecule has 2 heterocycles. The minimum Gasteiger partial charge on any atom is -0.357 e. The first-order chi connectivity index (χ1) is 13.2. The van der Waals surface area contributed by atoms with Crippen molar-refractivity contribution >= 4 is 41.0 Å². The molecule has 0 saturated carbocycles. The van der Waals surface area contributed by atoms with Crippen LogP contribution in [0.1, 0.15) is 45.4 Å². The number of guanidine groups is 1. The summed E-state index contributed by atoms with van der Waals surface area (Å²) < 4.78 is 2.13. The highest BCUT2D eigenvalue weighted by Crippen LogP contribution is 2.16. The molecule has 1 unspecified atom stereocenters. The summed E-state index contributed by atoms with van der Waals surface area (Å²) in [5.74, 6) is 1.85. The Balaban J connectivity index is 0.00000280. The monoisotopic (exact) mass is 498 g/mol. The van der Waals surface area contributed by atoms with Crippen LogP contribution in [0, 0.1) is 0 Å². The van der Waals surface area contributed by atoms with Crippen LogP contribution >= 0.6 is 24.0 Å². The first kappa shape index (κ1) is 22.9. The maximum Gasteiger partial charge on any atom is 0.191 e. The summed E-state index contributed by atoms with van der Waals surface area (Å²) in [4.78, 5) is 12.1. The smallest absolute Gasteiger partial charge is 0.191 e. The van der Waals surface area contributed by atoms with Crippen LogP contribution in [-0.4, -0.2) is 52.6 Å². The van der Waals surface area contributed by atoms with E-state index in [2.05, 4.69) is 47.1 Å². The summed E-state index contributed by atoms with van der Waals surface area (Å²) in [6.07, 6.45) is 5.21. The average Bonchev–Trinajstić information content (AvgIpc) is 3.00. The number of para-hydroxylation sites is 2. The van der Waals surface area contributed by atoms with E-state index in [1.165, 1.54) is 32.4 Å². The number of nitrogens with zero attached hydrogens (tertiary/aromatic N) is 4. The van der Waals surface area contributed by atoms with Gasteiger partial charge in [0.2, 0.25) is 0 Å². The Hall–Kier alpha value is -1.35. The predicted octanol–water partition coefficient (Wildman–Crippen LogP) is 3.51. The number of aliphatic imine (C=N–C) groups is 1. The SMILES string of the molecule is CCNC(=NCc1nc2ccccc2n1C)NCCCN1CCCCC1C.I. The van der Waals surface area contributed by atoms with E-state index in [9.17, 15) is 0 Å². The molecule has 0 radical (unpaired) electrons. The van der Waals surface area contributed by atoms with Crippen molar-refractivity contribution < 1.29 is 0 Å². The highest BCUT2D eigenvalue weighted by Gasteiger charge is 2.17. The molecule has 1 fully saturated rings. The number of nitrogens with one attached hydrogen (secondary N) is 2. The van der Waals surface area contributed by atoms with Crippen molar-refractivity contribution in [3.63, 3.8) is 0 Å². The molecule has 2 N–H and O–H groups in total. The minimum absolute atomic E-state index is 0. The van der Waals surface area contributed by atoms with Crippen LogP contribution < -0.4 is 10.6 Å². The van der Waals surface area contributed by atoms with Crippen LogP contribution in [0.3, 0.4) is 0 Å². The number of likely N-dealkylation sites (tertiary alicyclic amines) is 1. The summed E-state index contributed by atoms with van der Waals surface area (Å²) >= 11 is 0. The Kier molecular flexibility index (Phi) is 9.50. The maximum atomic E-state index is 4.74. The molecule has 1 aromatic carbocycles. The molecular formula is C21H35IN6. The van der Waals surface area contributed by atoms with E-state index in [1.54, 1.807) is 0 Å². The lowest BCUT2D eigenvalue weighted by Gasteiger charge is -2.33. The molecule has 1 aliphatic heterocycles. The van der Waals surface area contributed by atoms with E-state index in [1.807, 2.05) is 18.2 Å². The maximum absolute atomic E-state index is 4.74. The normalized spacial score (nSPS) is 18.1. The van der Waals surface area contributed by atoms with Gasteiger partial charge in [-0.2, -0.15) is 0 Å². The first-order valence-corrected chi connectivity index (χ1v) is 10.4. The van der Waals surface area contributed by atoms with Crippen molar-refractivity contribution in [2.75, 3.05) is 26.2 Å². The zero-order chi connectivity index (χ0) is 19.1. The summed E-state index contributed by atoms with van der Waals surface area (Å²) in [6, 6.07) is 8.95. The summed E-state index contributed by atoms with van der Waals surface area (Å²) in [5, 5.41) is 6.82. The zero-order valence-corrected chi connectivity index (χ0v) is 19.8. The standard InChI is InChI=1S/C21H34N6.HI/c1-4-22-21(23-13-9-15-27-14-8-7-10-17(27)2)24-16-20-25-18-11-5-6-12-19(18)26(20)3;/h5-6,11-12,17H,4,7-10,13-16H2,1-3H3,(H2,22,23,24);1H. The molecule has 28 heavy (non-hydrogen) atoms. The number of aryl methyl sites for hydroxylation is 1. The van der Waals surface area contributed by atoms with Gasteiger partial charge in [0.25, 0.3) is 0 Å². The molecule has 7 heteroatoms. The summed E-state index contributed by atoms with van der Waals surface area (Å²) in [7, 11) is 2.06. The molecule has 1 aliphatic rings. The number of hydrogen-bond donors (Lipinski definition) is 2. The Morgan fingerprint density at radius 3 is 2.82 bits per heavy atom. The minimum atomic E-state index is 0. The molecule has 0 bridgehead atoms. The fraction of sp³-hybridized carbons (Fsp3) is 0.619. The summed E-state index contributed by atoms with van der Waals surface area (Å²) in [5.41, 5.74) is 2.18. The van der Waals surface area contributed by atoms with Crippen molar-refractivity contribution in [3.05, 3.63) is 30.1 Å². The van der Waals surface area contributed by atoms with Gasteiger partial charge in [0, 0.05) is 32.7 Å². The van der Waals surface area contributed by atoms with Crippen LogP contribution in [0.2, 0.25) is 0 Å². The fourth-order valence-corrected chi connectivity index (χ4v) is 3.81. The van der Waals surface area contributed by atoms with Crippen molar-refractivity contribution in [1.82, 2.24) is 25.1 Å². The predicted molar refractivity (Wildman–Crippen MR) is 128 cm³/mol. The fourth-order valence-electron chi connectivity index (χ4n) is 3.81. The number of imidazole rings is 1. The van der Waals surface area contributed by atoms with Crippen molar-refractivity contribution in [1.29, 1.82) is 0 Å². The van der Waals surface area contributed by atoms with Crippen LogP contribution in [0.5, 0.6) is 0 Å². The van der Waals surface area contributed by atoms with Gasteiger partial charge in [-0.3, -0.25) is 0 Å². The highest BCUT2D eigenvalue weighted by molar-refractivity contribution is 14.0. The zero-order valence-electron chi connectivity index (χ0n) is 17.4. The molecule has 1 saturated heterocycles. The lowest BCUT2D eigenvalue weighted by atomic mass is 10.0. The van der Waals surface area contributed by atoms with E-state index < -0.39 is 0 Å². The second kappa shape index (κ2) is 11.6. The Labute approximate surface area is 186 Å². The molecule has 2 aromatic rings. The molecule has 1 aromatic heterocycles. The van der Waals surface area contributed by atoms with Gasteiger partial charge < -0.3 is 20.1 Å². The van der Waals surface area contributed by atoms with Crippen molar-refractivity contribution in [3.8, 4) is 0 Å².